The number of aromatic nitrogens is 1. The monoisotopic (exact) mass is 312 g/mol. The lowest BCUT2D eigenvalue weighted by molar-refractivity contribution is 0.197. The molecule has 4 heteroatoms. The van der Waals surface area contributed by atoms with Crippen LogP contribution in [0.5, 0.6) is 5.75 Å². The third-order valence-electron chi connectivity index (χ3n) is 4.97. The lowest BCUT2D eigenvalue weighted by Crippen LogP contribution is -2.28. The lowest BCUT2D eigenvalue weighted by atomic mass is 10.0. The van der Waals surface area contributed by atoms with Crippen LogP contribution < -0.4 is 4.74 Å². The number of nitrogens with zero attached hydrogens (tertiary/aromatic N) is 2. The molecule has 1 aliphatic heterocycles. The van der Waals surface area contributed by atoms with E-state index in [4.69, 9.17) is 4.74 Å². The smallest absolute Gasteiger partial charge is 0.123 e. The van der Waals surface area contributed by atoms with E-state index in [-0.39, 0.29) is 11.9 Å². The Labute approximate surface area is 136 Å². The number of ether oxygens (including phenoxy) is 1. The fraction of sp³-hybridized carbons (Fsp3) is 0.421. The van der Waals surface area contributed by atoms with Gasteiger partial charge in [0.25, 0.3) is 0 Å². The van der Waals surface area contributed by atoms with E-state index in [1.807, 2.05) is 12.4 Å². The topological polar surface area (TPSA) is 25.4 Å². The maximum atomic E-state index is 12.9. The van der Waals surface area contributed by atoms with Crippen molar-refractivity contribution in [2.45, 2.75) is 31.3 Å². The summed E-state index contributed by atoms with van der Waals surface area (Å²) >= 11 is 0. The average molecular weight is 312 g/mol. The third kappa shape index (κ3) is 3.22. The number of benzene rings is 1. The van der Waals surface area contributed by atoms with Gasteiger partial charge in [0.15, 0.2) is 0 Å². The first-order valence-corrected chi connectivity index (χ1v) is 8.35. The van der Waals surface area contributed by atoms with Crippen LogP contribution >= 0.6 is 0 Å². The molecule has 1 aromatic heterocycles. The van der Waals surface area contributed by atoms with Crippen LogP contribution in [0.25, 0.3) is 0 Å². The molecular formula is C19H21FN2O. The van der Waals surface area contributed by atoms with Gasteiger partial charge in [-0.15, -0.1) is 0 Å². The molecule has 0 saturated carbocycles. The number of pyridine rings is 1. The normalized spacial score (nSPS) is 23.9. The van der Waals surface area contributed by atoms with Crippen LogP contribution in [-0.2, 0) is 6.42 Å². The number of hydrogen-bond acceptors (Lipinski definition) is 3. The molecule has 0 amide bonds. The van der Waals surface area contributed by atoms with Crippen molar-refractivity contribution >= 4 is 0 Å². The quantitative estimate of drug-likeness (QED) is 0.865. The largest absolute Gasteiger partial charge is 0.489 e. The van der Waals surface area contributed by atoms with Crippen molar-refractivity contribution in [3.8, 4) is 5.75 Å². The number of fused-ring (bicyclic) bond motifs is 1. The van der Waals surface area contributed by atoms with E-state index >= 15 is 0 Å². The minimum atomic E-state index is -0.223. The summed E-state index contributed by atoms with van der Waals surface area (Å²) in [6.07, 6.45) is 7.56. The Morgan fingerprint density at radius 2 is 2.04 bits per heavy atom. The molecule has 120 valence electrons. The van der Waals surface area contributed by atoms with Crippen LogP contribution in [0.2, 0.25) is 0 Å². The maximum Gasteiger partial charge on any atom is 0.123 e. The Bertz CT molecular complexity index is 673. The van der Waals surface area contributed by atoms with Gasteiger partial charge in [-0.2, -0.15) is 0 Å². The lowest BCUT2D eigenvalue weighted by Gasteiger charge is -2.21. The molecule has 0 bridgehead atoms. The van der Waals surface area contributed by atoms with E-state index in [1.54, 1.807) is 12.1 Å². The third-order valence-corrected chi connectivity index (χ3v) is 4.97. The van der Waals surface area contributed by atoms with Crippen LogP contribution in [0, 0.1) is 5.82 Å². The van der Waals surface area contributed by atoms with Crippen molar-refractivity contribution in [2.75, 3.05) is 19.6 Å². The minimum absolute atomic E-state index is 0.204. The molecule has 1 aromatic carbocycles. The molecule has 0 spiro atoms. The van der Waals surface area contributed by atoms with Gasteiger partial charge in [0, 0.05) is 32.0 Å². The minimum Gasteiger partial charge on any atom is -0.489 e. The Morgan fingerprint density at radius 3 is 2.91 bits per heavy atom. The fourth-order valence-corrected chi connectivity index (χ4v) is 3.78. The molecule has 1 saturated heterocycles. The SMILES string of the molecule is Fc1ccc(OC2CCN(CC3CCc4ccncc43)C2)cc1. The summed E-state index contributed by atoms with van der Waals surface area (Å²) in [6.45, 7) is 3.10. The number of aryl methyl sites for hydroxylation is 1. The zero-order valence-electron chi connectivity index (χ0n) is 13.1. The first-order chi connectivity index (χ1) is 11.3. The summed E-state index contributed by atoms with van der Waals surface area (Å²) in [7, 11) is 0. The number of rotatable bonds is 4. The van der Waals surface area contributed by atoms with Gasteiger partial charge in [-0.3, -0.25) is 9.88 Å². The first-order valence-electron chi connectivity index (χ1n) is 8.35. The highest BCUT2D eigenvalue weighted by Gasteiger charge is 2.29. The molecule has 1 fully saturated rings. The molecule has 0 radical (unpaired) electrons. The van der Waals surface area contributed by atoms with Crippen molar-refractivity contribution in [2.24, 2.45) is 0 Å². The molecule has 2 atom stereocenters. The van der Waals surface area contributed by atoms with E-state index in [0.29, 0.717) is 5.92 Å². The highest BCUT2D eigenvalue weighted by Crippen LogP contribution is 2.33. The molecule has 2 unspecified atom stereocenters. The van der Waals surface area contributed by atoms with Gasteiger partial charge in [0.1, 0.15) is 17.7 Å². The molecule has 2 heterocycles. The van der Waals surface area contributed by atoms with E-state index in [2.05, 4.69) is 16.0 Å². The van der Waals surface area contributed by atoms with Crippen molar-refractivity contribution in [1.29, 1.82) is 0 Å². The summed E-state index contributed by atoms with van der Waals surface area (Å²) < 4.78 is 18.9. The standard InChI is InChI=1S/C19H21FN2O/c20-16-3-5-17(6-4-16)23-18-8-10-22(13-18)12-15-2-1-14-7-9-21-11-19(14)15/h3-7,9,11,15,18H,1-2,8,10,12-13H2. The molecule has 0 N–H and O–H groups in total. The second kappa shape index (κ2) is 6.28. The van der Waals surface area contributed by atoms with Gasteiger partial charge in [0.2, 0.25) is 0 Å². The van der Waals surface area contributed by atoms with E-state index in [1.165, 1.54) is 36.1 Å². The second-order valence-corrected chi connectivity index (χ2v) is 6.55. The Morgan fingerprint density at radius 1 is 1.17 bits per heavy atom. The van der Waals surface area contributed by atoms with Gasteiger partial charge in [-0.1, -0.05) is 0 Å². The molecule has 4 rings (SSSR count). The summed E-state index contributed by atoms with van der Waals surface area (Å²) in [4.78, 5) is 6.77. The Hall–Kier alpha value is -1.94. The fourth-order valence-electron chi connectivity index (χ4n) is 3.78. The number of likely N-dealkylation sites (tertiary alicyclic amines) is 1. The van der Waals surface area contributed by atoms with E-state index in [0.717, 1.165) is 31.8 Å². The molecule has 3 nitrogen and oxygen atoms in total. The van der Waals surface area contributed by atoms with Gasteiger partial charge >= 0.3 is 0 Å². The van der Waals surface area contributed by atoms with Gasteiger partial charge in [-0.05, 0) is 66.6 Å². The van der Waals surface area contributed by atoms with Crippen LogP contribution in [0.4, 0.5) is 4.39 Å². The maximum absolute atomic E-state index is 12.9. The van der Waals surface area contributed by atoms with Gasteiger partial charge in [-0.25, -0.2) is 4.39 Å². The molecule has 2 aromatic rings. The van der Waals surface area contributed by atoms with Crippen molar-refractivity contribution < 1.29 is 9.13 Å². The number of halogens is 1. The van der Waals surface area contributed by atoms with E-state index in [9.17, 15) is 4.39 Å². The summed E-state index contributed by atoms with van der Waals surface area (Å²) in [5.74, 6) is 1.14. The summed E-state index contributed by atoms with van der Waals surface area (Å²) in [5.41, 5.74) is 2.89. The van der Waals surface area contributed by atoms with Crippen molar-refractivity contribution in [1.82, 2.24) is 9.88 Å². The van der Waals surface area contributed by atoms with Crippen molar-refractivity contribution in [3.63, 3.8) is 0 Å². The summed E-state index contributed by atoms with van der Waals surface area (Å²) in [6, 6.07) is 8.46. The van der Waals surface area contributed by atoms with E-state index < -0.39 is 0 Å². The van der Waals surface area contributed by atoms with Crippen LogP contribution in [0.3, 0.4) is 0 Å². The molecule has 2 aliphatic rings. The highest BCUT2D eigenvalue weighted by molar-refractivity contribution is 5.32. The van der Waals surface area contributed by atoms with Crippen LogP contribution in [-0.4, -0.2) is 35.6 Å². The molecule has 1 aliphatic carbocycles. The molecule has 23 heavy (non-hydrogen) atoms. The zero-order chi connectivity index (χ0) is 15.6. The first kappa shape index (κ1) is 14.6. The average Bonchev–Trinajstić information content (AvgIpc) is 3.18. The van der Waals surface area contributed by atoms with Crippen molar-refractivity contribution in [3.05, 3.63) is 59.7 Å². The zero-order valence-corrected chi connectivity index (χ0v) is 13.1. The Kier molecular flexibility index (Phi) is 4.00. The van der Waals surface area contributed by atoms with Crippen LogP contribution in [0.1, 0.15) is 29.9 Å². The summed E-state index contributed by atoms with van der Waals surface area (Å²) in [5, 5.41) is 0. The van der Waals surface area contributed by atoms with Gasteiger partial charge < -0.3 is 4.74 Å². The predicted octanol–water partition coefficient (Wildman–Crippen LogP) is 3.40. The van der Waals surface area contributed by atoms with Crippen LogP contribution in [0.15, 0.2) is 42.7 Å². The molecular weight excluding hydrogens is 291 g/mol. The van der Waals surface area contributed by atoms with Gasteiger partial charge in [0.05, 0.1) is 0 Å². The number of hydrogen-bond donors (Lipinski definition) is 0. The predicted molar refractivity (Wildman–Crippen MR) is 87.2 cm³/mol. The second-order valence-electron chi connectivity index (χ2n) is 6.55. The highest BCUT2D eigenvalue weighted by atomic mass is 19.1. The Balaban J connectivity index is 1.33.